The second-order valence-electron chi connectivity index (χ2n) is 5.58. The fourth-order valence-corrected chi connectivity index (χ4v) is 3.24. The summed E-state index contributed by atoms with van der Waals surface area (Å²) in [6.45, 7) is 2.01. The first-order valence-electron chi connectivity index (χ1n) is 6.89. The summed E-state index contributed by atoms with van der Waals surface area (Å²) < 4.78 is 5.32. The lowest BCUT2D eigenvalue weighted by atomic mass is 9.88. The molecule has 1 aromatic rings. The maximum Gasteiger partial charge on any atom is 0.229 e. The zero-order chi connectivity index (χ0) is 13.4. The van der Waals surface area contributed by atoms with E-state index in [0.717, 1.165) is 29.8 Å². The predicted molar refractivity (Wildman–Crippen MR) is 74.4 cm³/mol. The molecule has 0 saturated carbocycles. The average Bonchev–Trinajstić information content (AvgIpc) is 3.03. The molecule has 1 aromatic carbocycles. The highest BCUT2D eigenvalue weighted by Gasteiger charge is 2.42. The Morgan fingerprint density at radius 2 is 2.26 bits per heavy atom. The van der Waals surface area contributed by atoms with Gasteiger partial charge in [0.05, 0.1) is 18.7 Å². The third-order valence-electron chi connectivity index (χ3n) is 4.25. The van der Waals surface area contributed by atoms with Gasteiger partial charge in [-0.15, -0.1) is 0 Å². The van der Waals surface area contributed by atoms with E-state index in [0.29, 0.717) is 12.1 Å². The molecule has 102 valence electrons. The number of anilines is 1. The maximum atomic E-state index is 12.4. The second-order valence-corrected chi connectivity index (χ2v) is 5.58. The fourth-order valence-electron chi connectivity index (χ4n) is 3.24. The van der Waals surface area contributed by atoms with Crippen LogP contribution in [-0.2, 0) is 4.79 Å². The van der Waals surface area contributed by atoms with Crippen molar-refractivity contribution in [2.45, 2.75) is 38.3 Å². The molecule has 0 aromatic heterocycles. The van der Waals surface area contributed by atoms with Gasteiger partial charge in [0.2, 0.25) is 5.91 Å². The Balaban J connectivity index is 1.73. The van der Waals surface area contributed by atoms with Gasteiger partial charge in [-0.05, 0) is 43.9 Å². The lowest BCUT2D eigenvalue weighted by Gasteiger charge is -2.20. The molecule has 0 spiro atoms. The van der Waals surface area contributed by atoms with E-state index in [4.69, 9.17) is 4.74 Å². The fraction of sp³-hybridized carbons (Fsp3) is 0.533. The molecule has 3 unspecified atom stereocenters. The minimum Gasteiger partial charge on any atom is -0.495 e. The summed E-state index contributed by atoms with van der Waals surface area (Å²) in [5, 5.41) is 6.50. The number of nitrogens with one attached hydrogen (secondary N) is 2. The highest BCUT2D eigenvalue weighted by atomic mass is 16.5. The van der Waals surface area contributed by atoms with Gasteiger partial charge >= 0.3 is 0 Å². The van der Waals surface area contributed by atoms with Crippen molar-refractivity contribution in [2.75, 3.05) is 12.4 Å². The molecule has 19 heavy (non-hydrogen) atoms. The van der Waals surface area contributed by atoms with Crippen molar-refractivity contribution >= 4 is 11.6 Å². The van der Waals surface area contributed by atoms with Gasteiger partial charge in [0.15, 0.2) is 0 Å². The van der Waals surface area contributed by atoms with Crippen LogP contribution >= 0.6 is 0 Å². The Morgan fingerprint density at radius 1 is 1.42 bits per heavy atom. The third kappa shape index (κ3) is 2.32. The average molecular weight is 260 g/mol. The van der Waals surface area contributed by atoms with Gasteiger partial charge in [-0.2, -0.15) is 0 Å². The first-order valence-corrected chi connectivity index (χ1v) is 6.89. The first-order chi connectivity index (χ1) is 9.17. The smallest absolute Gasteiger partial charge is 0.229 e. The predicted octanol–water partition coefficient (Wildman–Crippen LogP) is 2.08. The van der Waals surface area contributed by atoms with Crippen LogP contribution in [-0.4, -0.2) is 25.1 Å². The largest absolute Gasteiger partial charge is 0.495 e. The number of fused-ring (bicyclic) bond motifs is 2. The van der Waals surface area contributed by atoms with Gasteiger partial charge in [-0.25, -0.2) is 0 Å². The van der Waals surface area contributed by atoms with E-state index in [9.17, 15) is 4.79 Å². The van der Waals surface area contributed by atoms with E-state index < -0.39 is 0 Å². The standard InChI is InChI=1S/C15H20N2O2/c1-9-3-5-13(14(7-9)19-2)17-15(18)11-8-10-4-6-12(11)16-10/h3,5,7,10-12,16H,4,6,8H2,1-2H3,(H,17,18). The summed E-state index contributed by atoms with van der Waals surface area (Å²) in [7, 11) is 1.63. The van der Waals surface area contributed by atoms with E-state index in [1.165, 1.54) is 6.42 Å². The number of hydrogen-bond acceptors (Lipinski definition) is 3. The van der Waals surface area contributed by atoms with Crippen LogP contribution in [0.4, 0.5) is 5.69 Å². The maximum absolute atomic E-state index is 12.4. The molecule has 3 atom stereocenters. The van der Waals surface area contributed by atoms with Crippen LogP contribution in [0.1, 0.15) is 24.8 Å². The van der Waals surface area contributed by atoms with Crippen LogP contribution in [0.3, 0.4) is 0 Å². The summed E-state index contributed by atoms with van der Waals surface area (Å²) in [4.78, 5) is 12.4. The van der Waals surface area contributed by atoms with Gasteiger partial charge in [-0.1, -0.05) is 6.07 Å². The molecule has 2 N–H and O–H groups in total. The summed E-state index contributed by atoms with van der Waals surface area (Å²) >= 11 is 0. The molecule has 3 rings (SSSR count). The number of amides is 1. The highest BCUT2D eigenvalue weighted by Crippen LogP contribution is 2.34. The van der Waals surface area contributed by atoms with Gasteiger partial charge < -0.3 is 15.4 Å². The topological polar surface area (TPSA) is 50.4 Å². The van der Waals surface area contributed by atoms with Crippen molar-refractivity contribution in [3.05, 3.63) is 23.8 Å². The molecule has 2 aliphatic heterocycles. The third-order valence-corrected chi connectivity index (χ3v) is 4.25. The number of rotatable bonds is 3. The molecule has 1 amide bonds. The quantitative estimate of drug-likeness (QED) is 0.875. The van der Waals surface area contributed by atoms with Crippen LogP contribution in [0.25, 0.3) is 0 Å². The Hall–Kier alpha value is -1.55. The van der Waals surface area contributed by atoms with Crippen molar-refractivity contribution in [3.63, 3.8) is 0 Å². The summed E-state index contributed by atoms with van der Waals surface area (Å²) in [5.74, 6) is 0.941. The summed E-state index contributed by atoms with van der Waals surface area (Å²) in [5.41, 5.74) is 1.89. The summed E-state index contributed by atoms with van der Waals surface area (Å²) in [6.07, 6.45) is 3.29. The summed E-state index contributed by atoms with van der Waals surface area (Å²) in [6, 6.07) is 6.74. The van der Waals surface area contributed by atoms with E-state index >= 15 is 0 Å². The molecule has 2 saturated heterocycles. The first kappa shape index (κ1) is 12.5. The Bertz CT molecular complexity index is 501. The molecule has 0 radical (unpaired) electrons. The highest BCUT2D eigenvalue weighted by molar-refractivity contribution is 5.94. The van der Waals surface area contributed by atoms with Gasteiger partial charge in [0, 0.05) is 12.1 Å². The molecular formula is C15H20N2O2. The van der Waals surface area contributed by atoms with Crippen molar-refractivity contribution in [2.24, 2.45) is 5.92 Å². The normalized spacial score (nSPS) is 28.4. The van der Waals surface area contributed by atoms with Crippen LogP contribution in [0.5, 0.6) is 5.75 Å². The molecule has 2 heterocycles. The monoisotopic (exact) mass is 260 g/mol. The minimum absolute atomic E-state index is 0.102. The molecule has 2 aliphatic rings. The Kier molecular flexibility index (Phi) is 3.19. The van der Waals surface area contributed by atoms with Crippen molar-refractivity contribution in [3.8, 4) is 5.75 Å². The zero-order valence-electron chi connectivity index (χ0n) is 11.4. The number of methoxy groups -OCH3 is 1. The zero-order valence-corrected chi connectivity index (χ0v) is 11.4. The molecular weight excluding hydrogens is 240 g/mol. The van der Waals surface area contributed by atoms with E-state index in [1.807, 2.05) is 25.1 Å². The Labute approximate surface area is 113 Å². The lowest BCUT2D eigenvalue weighted by Crippen LogP contribution is -2.32. The molecule has 2 fully saturated rings. The lowest BCUT2D eigenvalue weighted by molar-refractivity contribution is -0.120. The van der Waals surface area contributed by atoms with Gasteiger partial charge in [0.1, 0.15) is 5.75 Å². The van der Waals surface area contributed by atoms with Crippen LogP contribution in [0.15, 0.2) is 18.2 Å². The van der Waals surface area contributed by atoms with E-state index in [2.05, 4.69) is 10.6 Å². The van der Waals surface area contributed by atoms with Crippen LogP contribution in [0, 0.1) is 12.8 Å². The number of hydrogen-bond donors (Lipinski definition) is 2. The number of carbonyl (C=O) groups is 1. The number of carbonyl (C=O) groups excluding carboxylic acids is 1. The van der Waals surface area contributed by atoms with Crippen LogP contribution < -0.4 is 15.4 Å². The van der Waals surface area contributed by atoms with Crippen LogP contribution in [0.2, 0.25) is 0 Å². The van der Waals surface area contributed by atoms with Crippen molar-refractivity contribution in [1.82, 2.24) is 5.32 Å². The SMILES string of the molecule is COc1cc(C)ccc1NC(=O)C1CC2CCC1N2. The molecule has 4 heteroatoms. The molecule has 0 aliphatic carbocycles. The van der Waals surface area contributed by atoms with Crippen molar-refractivity contribution < 1.29 is 9.53 Å². The van der Waals surface area contributed by atoms with E-state index in [-0.39, 0.29) is 11.8 Å². The minimum atomic E-state index is 0.102. The number of benzene rings is 1. The van der Waals surface area contributed by atoms with E-state index in [1.54, 1.807) is 7.11 Å². The molecule has 2 bridgehead atoms. The number of aryl methyl sites for hydroxylation is 1. The Morgan fingerprint density at radius 3 is 2.89 bits per heavy atom. The second kappa shape index (κ2) is 4.85. The van der Waals surface area contributed by atoms with Gasteiger partial charge in [0.25, 0.3) is 0 Å². The van der Waals surface area contributed by atoms with Crippen molar-refractivity contribution in [1.29, 1.82) is 0 Å². The van der Waals surface area contributed by atoms with Gasteiger partial charge in [-0.3, -0.25) is 4.79 Å². The molecule has 4 nitrogen and oxygen atoms in total. The number of ether oxygens (including phenoxy) is 1.